The van der Waals surface area contributed by atoms with Crippen molar-refractivity contribution in [3.05, 3.63) is 48.0 Å². The number of hydrogen-bond acceptors (Lipinski definition) is 9. The van der Waals surface area contributed by atoms with Crippen LogP contribution in [-0.4, -0.2) is 85.2 Å². The number of aliphatic hydroxyl groups is 1. The molecule has 1 aromatic heterocycles. The van der Waals surface area contributed by atoms with Crippen LogP contribution in [0.1, 0.15) is 31.0 Å². The number of phenolic OH excluding ortho intramolecular Hbond substituents is 1. The molecule has 11 N–H and O–H groups in total. The monoisotopic (exact) mass is 547 g/mol. The molecule has 0 fully saturated rings. The number of primary amides is 1. The minimum atomic E-state index is -1.61. The average molecular weight is 548 g/mol. The number of H-pyrrole nitrogens is 1. The molecule has 4 amide bonds. The Balaban J connectivity index is 2.11. The van der Waals surface area contributed by atoms with Crippen LogP contribution >= 0.6 is 0 Å². The second kappa shape index (κ2) is 14.4. The molecule has 1 aromatic carbocycles. The molecule has 15 nitrogen and oxygen atoms in total. The first kappa shape index (κ1) is 30.7. The zero-order valence-electron chi connectivity index (χ0n) is 21.2. The summed E-state index contributed by atoms with van der Waals surface area (Å²) in [5, 5.41) is 36.1. The van der Waals surface area contributed by atoms with Crippen LogP contribution in [0.4, 0.5) is 0 Å². The number of imidazole rings is 1. The molecule has 0 bridgehead atoms. The number of phenols is 1. The SMILES string of the molecule is CC(O)C(NC(=O)C(CCC(N)=O)NC(=O)C(N)Cc1cnc[nH]1)C(=O)NC(Cc1ccc(O)cc1)C(=O)O. The fourth-order valence-corrected chi connectivity index (χ4v) is 3.55. The standard InChI is InChI=1S/C24H33N7O8/c1-12(32)20(23(37)30-18(24(38)39)8-13-2-4-15(33)5-3-13)31-22(36)17(6-7-19(26)34)29-21(35)16(25)9-14-10-27-11-28-14/h2-5,10-12,16-18,20,32-33H,6-9,25H2,1H3,(H2,26,34)(H,27,28)(H,29,35)(H,30,37)(H,31,36)(H,38,39). The lowest BCUT2D eigenvalue weighted by atomic mass is 10.0. The maximum atomic E-state index is 13.0. The number of carboxylic acids is 1. The number of benzene rings is 1. The number of amides is 4. The van der Waals surface area contributed by atoms with Crippen LogP contribution in [0.25, 0.3) is 0 Å². The molecule has 212 valence electrons. The van der Waals surface area contributed by atoms with E-state index < -0.39 is 59.9 Å². The quantitative estimate of drug-likeness (QED) is 0.112. The van der Waals surface area contributed by atoms with Crippen molar-refractivity contribution in [1.82, 2.24) is 25.9 Å². The Morgan fingerprint density at radius 1 is 0.974 bits per heavy atom. The number of carbonyl (C=O) groups excluding carboxylic acids is 4. The Morgan fingerprint density at radius 3 is 2.15 bits per heavy atom. The van der Waals surface area contributed by atoms with Gasteiger partial charge in [0, 0.05) is 31.2 Å². The normalized spacial score (nSPS) is 14.7. The lowest BCUT2D eigenvalue weighted by Crippen LogP contribution is -2.60. The molecule has 2 rings (SSSR count). The van der Waals surface area contributed by atoms with Gasteiger partial charge in [0.05, 0.1) is 18.5 Å². The van der Waals surface area contributed by atoms with Gasteiger partial charge < -0.3 is 47.7 Å². The Morgan fingerprint density at radius 2 is 1.62 bits per heavy atom. The molecule has 0 aliphatic heterocycles. The predicted molar refractivity (Wildman–Crippen MR) is 136 cm³/mol. The summed E-state index contributed by atoms with van der Waals surface area (Å²) in [6.07, 6.45) is 0.836. The second-order valence-corrected chi connectivity index (χ2v) is 8.95. The van der Waals surface area contributed by atoms with E-state index >= 15 is 0 Å². The van der Waals surface area contributed by atoms with Gasteiger partial charge in [0.15, 0.2) is 0 Å². The average Bonchev–Trinajstić information content (AvgIpc) is 3.38. The van der Waals surface area contributed by atoms with E-state index in [1.807, 2.05) is 0 Å². The first-order chi connectivity index (χ1) is 18.4. The number of aromatic amines is 1. The van der Waals surface area contributed by atoms with Crippen LogP contribution in [0.3, 0.4) is 0 Å². The van der Waals surface area contributed by atoms with E-state index in [0.717, 1.165) is 0 Å². The zero-order valence-corrected chi connectivity index (χ0v) is 21.2. The highest BCUT2D eigenvalue weighted by molar-refractivity contribution is 5.94. The number of carbonyl (C=O) groups is 5. The zero-order chi connectivity index (χ0) is 29.1. The number of aliphatic hydroxyl groups excluding tert-OH is 1. The number of nitrogens with zero attached hydrogens (tertiary/aromatic N) is 1. The fourth-order valence-electron chi connectivity index (χ4n) is 3.55. The van der Waals surface area contributed by atoms with Gasteiger partial charge >= 0.3 is 5.97 Å². The van der Waals surface area contributed by atoms with Crippen LogP contribution in [0.2, 0.25) is 0 Å². The van der Waals surface area contributed by atoms with Crippen LogP contribution in [-0.2, 0) is 36.8 Å². The summed E-state index contributed by atoms with van der Waals surface area (Å²) in [5.74, 6) is -4.79. The number of carboxylic acid groups (broad SMARTS) is 1. The first-order valence-corrected chi connectivity index (χ1v) is 12.0. The molecular formula is C24H33N7O8. The number of hydrogen-bond donors (Lipinski definition) is 9. The predicted octanol–water partition coefficient (Wildman–Crippen LogP) is -2.59. The lowest BCUT2D eigenvalue weighted by Gasteiger charge is -2.26. The molecule has 0 aliphatic carbocycles. The summed E-state index contributed by atoms with van der Waals surface area (Å²) in [6.45, 7) is 1.21. The van der Waals surface area contributed by atoms with Gasteiger partial charge in [-0.15, -0.1) is 0 Å². The maximum absolute atomic E-state index is 13.0. The Bertz CT molecular complexity index is 1140. The maximum Gasteiger partial charge on any atom is 0.326 e. The highest BCUT2D eigenvalue weighted by atomic mass is 16.4. The van der Waals surface area contributed by atoms with Crippen molar-refractivity contribution in [3.63, 3.8) is 0 Å². The van der Waals surface area contributed by atoms with Crippen molar-refractivity contribution in [3.8, 4) is 5.75 Å². The minimum absolute atomic E-state index is 0.0215. The van der Waals surface area contributed by atoms with Gasteiger partial charge in [0.1, 0.15) is 23.9 Å². The van der Waals surface area contributed by atoms with Gasteiger partial charge in [-0.3, -0.25) is 19.2 Å². The van der Waals surface area contributed by atoms with Gasteiger partial charge in [0.25, 0.3) is 0 Å². The number of aromatic nitrogens is 2. The summed E-state index contributed by atoms with van der Waals surface area (Å²) in [4.78, 5) is 68.2. The third-order valence-corrected chi connectivity index (χ3v) is 5.70. The van der Waals surface area contributed by atoms with Crippen molar-refractivity contribution in [1.29, 1.82) is 0 Å². The smallest absolute Gasteiger partial charge is 0.326 e. The van der Waals surface area contributed by atoms with E-state index in [1.54, 1.807) is 0 Å². The van der Waals surface area contributed by atoms with Crippen LogP contribution in [0, 0.1) is 0 Å². The van der Waals surface area contributed by atoms with E-state index in [9.17, 15) is 39.3 Å². The number of aliphatic carboxylic acids is 1. The second-order valence-electron chi connectivity index (χ2n) is 8.95. The minimum Gasteiger partial charge on any atom is -0.508 e. The summed E-state index contributed by atoms with van der Waals surface area (Å²) >= 11 is 0. The van der Waals surface area contributed by atoms with Gasteiger partial charge in [0.2, 0.25) is 23.6 Å². The van der Waals surface area contributed by atoms with Crippen LogP contribution < -0.4 is 27.4 Å². The molecule has 0 aliphatic rings. The molecule has 5 atom stereocenters. The molecule has 2 aromatic rings. The van der Waals surface area contributed by atoms with Crippen molar-refractivity contribution in [2.45, 2.75) is 62.9 Å². The summed E-state index contributed by atoms with van der Waals surface area (Å²) in [7, 11) is 0. The fraction of sp³-hybridized carbons (Fsp3) is 0.417. The van der Waals surface area contributed by atoms with Crippen molar-refractivity contribution >= 4 is 29.6 Å². The van der Waals surface area contributed by atoms with Gasteiger partial charge in [-0.2, -0.15) is 0 Å². The molecule has 0 saturated heterocycles. The Hall–Kier alpha value is -4.50. The highest BCUT2D eigenvalue weighted by Crippen LogP contribution is 2.12. The molecule has 0 radical (unpaired) electrons. The van der Waals surface area contributed by atoms with Crippen molar-refractivity contribution < 1.29 is 39.3 Å². The Kier molecular flexibility index (Phi) is 11.4. The van der Waals surface area contributed by atoms with E-state index in [2.05, 4.69) is 25.9 Å². The third kappa shape index (κ3) is 10.1. The third-order valence-electron chi connectivity index (χ3n) is 5.70. The van der Waals surface area contributed by atoms with E-state index in [4.69, 9.17) is 11.5 Å². The number of rotatable bonds is 15. The molecular weight excluding hydrogens is 514 g/mol. The van der Waals surface area contributed by atoms with E-state index in [1.165, 1.54) is 43.7 Å². The van der Waals surface area contributed by atoms with E-state index in [-0.39, 0.29) is 31.4 Å². The van der Waals surface area contributed by atoms with Crippen molar-refractivity contribution in [2.75, 3.05) is 0 Å². The van der Waals surface area contributed by atoms with Crippen LogP contribution in [0.15, 0.2) is 36.8 Å². The summed E-state index contributed by atoms with van der Waals surface area (Å²) in [5.41, 5.74) is 12.2. The highest BCUT2D eigenvalue weighted by Gasteiger charge is 2.33. The summed E-state index contributed by atoms with van der Waals surface area (Å²) < 4.78 is 0. The Labute approximate surface area is 223 Å². The van der Waals surface area contributed by atoms with Gasteiger partial charge in [-0.1, -0.05) is 12.1 Å². The van der Waals surface area contributed by atoms with Gasteiger partial charge in [-0.25, -0.2) is 9.78 Å². The molecule has 5 unspecified atom stereocenters. The van der Waals surface area contributed by atoms with E-state index in [0.29, 0.717) is 11.3 Å². The largest absolute Gasteiger partial charge is 0.508 e. The van der Waals surface area contributed by atoms with Gasteiger partial charge in [-0.05, 0) is 31.0 Å². The van der Waals surface area contributed by atoms with Crippen LogP contribution in [0.5, 0.6) is 5.75 Å². The molecule has 1 heterocycles. The topological polar surface area (TPSA) is 263 Å². The summed E-state index contributed by atoms with van der Waals surface area (Å²) in [6, 6.07) is 0.215. The molecule has 39 heavy (non-hydrogen) atoms. The molecule has 0 spiro atoms. The number of nitrogens with one attached hydrogen (secondary N) is 4. The molecule has 15 heteroatoms. The lowest BCUT2D eigenvalue weighted by molar-refractivity contribution is -0.143. The first-order valence-electron chi connectivity index (χ1n) is 12.0. The van der Waals surface area contributed by atoms with Crippen molar-refractivity contribution in [2.24, 2.45) is 11.5 Å². The molecule has 0 saturated carbocycles. The number of nitrogens with two attached hydrogens (primary N) is 2. The number of aromatic hydroxyl groups is 1.